The number of hydrogen-bond donors (Lipinski definition) is 2. The molecule has 2 N–H and O–H groups in total. The molecule has 0 bridgehead atoms. The maximum absolute atomic E-state index is 13.0. The number of carbonyl (C=O) groups excluding carboxylic acids is 2. The molecule has 154 valence electrons. The van der Waals surface area contributed by atoms with E-state index in [9.17, 15) is 9.59 Å². The van der Waals surface area contributed by atoms with E-state index in [2.05, 4.69) is 15.5 Å². The Kier molecular flexibility index (Phi) is 6.57. The van der Waals surface area contributed by atoms with Crippen molar-refractivity contribution in [3.63, 3.8) is 0 Å². The van der Waals surface area contributed by atoms with Crippen molar-refractivity contribution in [1.29, 1.82) is 0 Å². The maximum Gasteiger partial charge on any atom is 0.253 e. The van der Waals surface area contributed by atoms with Crippen LogP contribution in [0.25, 0.3) is 0 Å². The summed E-state index contributed by atoms with van der Waals surface area (Å²) in [5.74, 6) is -0.162. The van der Waals surface area contributed by atoms with Crippen molar-refractivity contribution < 1.29 is 9.59 Å². The van der Waals surface area contributed by atoms with Gasteiger partial charge in [-0.25, -0.2) is 0 Å². The molecule has 1 heterocycles. The van der Waals surface area contributed by atoms with Crippen molar-refractivity contribution in [3.8, 4) is 0 Å². The third kappa shape index (κ3) is 6.08. The van der Waals surface area contributed by atoms with E-state index in [0.717, 1.165) is 37.2 Å². The lowest BCUT2D eigenvalue weighted by Crippen LogP contribution is -2.27. The Morgan fingerprint density at radius 3 is 2.34 bits per heavy atom. The number of nitrogens with zero attached hydrogens (tertiary/aromatic N) is 1. The first-order valence-electron chi connectivity index (χ1n) is 10.3. The number of carbonyl (C=O) groups is 2. The number of anilines is 2. The molecular formula is C24H31N3O2. The van der Waals surface area contributed by atoms with Crippen LogP contribution in [-0.4, -0.2) is 24.9 Å². The molecule has 1 aliphatic heterocycles. The lowest BCUT2D eigenvalue weighted by atomic mass is 9.92. The average Bonchev–Trinajstić information content (AvgIpc) is 3.20. The Morgan fingerprint density at radius 2 is 1.69 bits per heavy atom. The first-order chi connectivity index (χ1) is 13.8. The van der Waals surface area contributed by atoms with Crippen LogP contribution in [-0.2, 0) is 11.3 Å². The zero-order valence-electron chi connectivity index (χ0n) is 17.6. The zero-order chi connectivity index (χ0) is 20.9. The highest BCUT2D eigenvalue weighted by atomic mass is 16.2. The van der Waals surface area contributed by atoms with Gasteiger partial charge in [0, 0.05) is 37.4 Å². The van der Waals surface area contributed by atoms with Crippen LogP contribution in [0.5, 0.6) is 0 Å². The SMILES string of the molecule is CC(C)(C)CC(=O)Nc1ccc(N2CCCC2)c(C(=O)NCc2ccccc2)c1. The standard InChI is InChI=1S/C24H31N3O2/c1-24(2,3)16-22(28)26-19-11-12-21(27-13-7-8-14-27)20(15-19)23(29)25-17-18-9-5-4-6-10-18/h4-6,9-12,15H,7-8,13-14,16-17H2,1-3H3,(H,25,29)(H,26,28). The Hall–Kier alpha value is -2.82. The van der Waals surface area contributed by atoms with E-state index in [1.807, 2.05) is 63.2 Å². The average molecular weight is 394 g/mol. The molecule has 2 aromatic carbocycles. The zero-order valence-corrected chi connectivity index (χ0v) is 17.6. The minimum Gasteiger partial charge on any atom is -0.371 e. The smallest absolute Gasteiger partial charge is 0.253 e. The van der Waals surface area contributed by atoms with E-state index in [1.54, 1.807) is 6.07 Å². The number of amides is 2. The summed E-state index contributed by atoms with van der Waals surface area (Å²) in [7, 11) is 0. The van der Waals surface area contributed by atoms with Crippen molar-refractivity contribution >= 4 is 23.2 Å². The Labute approximate surface area is 173 Å². The van der Waals surface area contributed by atoms with Crippen LogP contribution in [0.1, 0.15) is 56.0 Å². The Bertz CT molecular complexity index is 850. The lowest BCUT2D eigenvalue weighted by Gasteiger charge is -2.22. The van der Waals surface area contributed by atoms with Gasteiger partial charge < -0.3 is 15.5 Å². The summed E-state index contributed by atoms with van der Waals surface area (Å²) in [6.45, 7) is 8.48. The molecular weight excluding hydrogens is 362 g/mol. The highest BCUT2D eigenvalue weighted by Gasteiger charge is 2.21. The van der Waals surface area contributed by atoms with Gasteiger partial charge in [0.2, 0.25) is 5.91 Å². The normalized spacial score (nSPS) is 14.0. The fourth-order valence-corrected chi connectivity index (χ4v) is 3.59. The van der Waals surface area contributed by atoms with Crippen molar-refractivity contribution in [2.45, 2.75) is 46.6 Å². The van der Waals surface area contributed by atoms with Gasteiger partial charge in [-0.05, 0) is 42.0 Å². The molecule has 0 radical (unpaired) electrons. The molecule has 0 unspecified atom stereocenters. The van der Waals surface area contributed by atoms with Crippen molar-refractivity contribution in [3.05, 3.63) is 59.7 Å². The van der Waals surface area contributed by atoms with Gasteiger partial charge in [-0.2, -0.15) is 0 Å². The molecule has 1 saturated heterocycles. The van der Waals surface area contributed by atoms with Crippen molar-refractivity contribution in [2.75, 3.05) is 23.3 Å². The van der Waals surface area contributed by atoms with E-state index < -0.39 is 0 Å². The summed E-state index contributed by atoms with van der Waals surface area (Å²) in [5.41, 5.74) is 3.17. The minimum absolute atomic E-state index is 0.0398. The molecule has 0 saturated carbocycles. The Morgan fingerprint density at radius 1 is 1.00 bits per heavy atom. The predicted molar refractivity (Wildman–Crippen MR) is 118 cm³/mol. The van der Waals surface area contributed by atoms with Crippen LogP contribution in [0.3, 0.4) is 0 Å². The number of benzene rings is 2. The largest absolute Gasteiger partial charge is 0.371 e. The van der Waals surface area contributed by atoms with Crippen LogP contribution >= 0.6 is 0 Å². The summed E-state index contributed by atoms with van der Waals surface area (Å²) in [5, 5.41) is 5.97. The van der Waals surface area contributed by atoms with E-state index in [-0.39, 0.29) is 17.2 Å². The minimum atomic E-state index is -0.123. The second kappa shape index (κ2) is 9.12. The van der Waals surface area contributed by atoms with Crippen molar-refractivity contribution in [1.82, 2.24) is 5.32 Å². The van der Waals surface area contributed by atoms with Crippen LogP contribution in [0, 0.1) is 5.41 Å². The third-order valence-electron chi connectivity index (χ3n) is 4.96. The van der Waals surface area contributed by atoms with Gasteiger partial charge in [-0.1, -0.05) is 51.1 Å². The molecule has 1 aliphatic rings. The van der Waals surface area contributed by atoms with Gasteiger partial charge in [-0.3, -0.25) is 9.59 Å². The summed E-state index contributed by atoms with van der Waals surface area (Å²) < 4.78 is 0. The van der Waals surface area contributed by atoms with Gasteiger partial charge >= 0.3 is 0 Å². The molecule has 5 heteroatoms. The molecule has 0 spiro atoms. The molecule has 0 aromatic heterocycles. The van der Waals surface area contributed by atoms with Crippen LogP contribution in [0.2, 0.25) is 0 Å². The van der Waals surface area contributed by atoms with Crippen LogP contribution < -0.4 is 15.5 Å². The molecule has 5 nitrogen and oxygen atoms in total. The fourth-order valence-electron chi connectivity index (χ4n) is 3.59. The molecule has 3 rings (SSSR count). The fraction of sp³-hybridized carbons (Fsp3) is 0.417. The van der Waals surface area contributed by atoms with Gasteiger partial charge in [-0.15, -0.1) is 0 Å². The first-order valence-corrected chi connectivity index (χ1v) is 10.3. The summed E-state index contributed by atoms with van der Waals surface area (Å²) in [6, 6.07) is 15.5. The summed E-state index contributed by atoms with van der Waals surface area (Å²) in [6.07, 6.45) is 2.70. The topological polar surface area (TPSA) is 61.4 Å². The molecule has 0 atom stereocenters. The summed E-state index contributed by atoms with van der Waals surface area (Å²) >= 11 is 0. The highest BCUT2D eigenvalue weighted by Crippen LogP contribution is 2.28. The molecule has 2 amide bonds. The van der Waals surface area contributed by atoms with E-state index in [1.165, 1.54) is 0 Å². The van der Waals surface area contributed by atoms with Crippen LogP contribution in [0.15, 0.2) is 48.5 Å². The molecule has 1 fully saturated rings. The summed E-state index contributed by atoms with van der Waals surface area (Å²) in [4.78, 5) is 27.6. The van der Waals surface area contributed by atoms with Gasteiger partial charge in [0.15, 0.2) is 0 Å². The van der Waals surface area contributed by atoms with Crippen LogP contribution in [0.4, 0.5) is 11.4 Å². The van der Waals surface area contributed by atoms with Gasteiger partial charge in [0.25, 0.3) is 5.91 Å². The second-order valence-corrected chi connectivity index (χ2v) is 8.88. The van der Waals surface area contributed by atoms with Gasteiger partial charge in [0.1, 0.15) is 0 Å². The molecule has 0 aliphatic carbocycles. The monoisotopic (exact) mass is 393 g/mol. The van der Waals surface area contributed by atoms with E-state index in [4.69, 9.17) is 0 Å². The van der Waals surface area contributed by atoms with E-state index >= 15 is 0 Å². The number of hydrogen-bond acceptors (Lipinski definition) is 3. The quantitative estimate of drug-likeness (QED) is 0.754. The lowest BCUT2D eigenvalue weighted by molar-refractivity contribution is -0.117. The van der Waals surface area contributed by atoms with Gasteiger partial charge in [0.05, 0.1) is 5.56 Å². The predicted octanol–water partition coefficient (Wildman–Crippen LogP) is 4.59. The number of rotatable bonds is 6. The maximum atomic E-state index is 13.0. The second-order valence-electron chi connectivity index (χ2n) is 8.88. The highest BCUT2D eigenvalue weighted by molar-refractivity contribution is 6.02. The van der Waals surface area contributed by atoms with E-state index in [0.29, 0.717) is 24.2 Å². The van der Waals surface area contributed by atoms with Crippen molar-refractivity contribution in [2.24, 2.45) is 5.41 Å². The molecule has 2 aromatic rings. The number of nitrogens with one attached hydrogen (secondary N) is 2. The third-order valence-corrected chi connectivity index (χ3v) is 4.96. The molecule has 29 heavy (non-hydrogen) atoms. The first kappa shape index (κ1) is 20.9. The Balaban J connectivity index is 1.79.